The zero-order valence-electron chi connectivity index (χ0n) is 7.40. The van der Waals surface area contributed by atoms with Crippen molar-refractivity contribution in [1.29, 1.82) is 0 Å². The second kappa shape index (κ2) is 3.94. The first kappa shape index (κ1) is 9.43. The van der Waals surface area contributed by atoms with Crippen molar-refractivity contribution < 1.29 is 0 Å². The molecule has 0 radical (unpaired) electrons. The number of rotatable bonds is 5. The number of hydrogen-bond donors (Lipinski definition) is 1. The first-order chi connectivity index (χ1) is 6.35. The molecule has 0 aliphatic heterocycles. The summed E-state index contributed by atoms with van der Waals surface area (Å²) in [6, 6.07) is 0. The van der Waals surface area contributed by atoms with E-state index in [0.717, 1.165) is 10.9 Å². The first-order valence-corrected chi connectivity index (χ1v) is 6.30. The lowest BCUT2D eigenvalue weighted by atomic mass is 10.1. The second-order valence-corrected chi connectivity index (χ2v) is 5.59. The fraction of sp³-hybridized carbons (Fsp3) is 0.750. The van der Waals surface area contributed by atoms with Gasteiger partial charge in [-0.15, -0.1) is 10.2 Å². The molecule has 13 heavy (non-hydrogen) atoms. The zero-order valence-corrected chi connectivity index (χ0v) is 9.03. The summed E-state index contributed by atoms with van der Waals surface area (Å²) in [6.07, 6.45) is 3.85. The summed E-state index contributed by atoms with van der Waals surface area (Å²) >= 11 is 3.44. The van der Waals surface area contributed by atoms with Crippen LogP contribution in [-0.2, 0) is 0 Å². The van der Waals surface area contributed by atoms with Gasteiger partial charge in [0.05, 0.1) is 0 Å². The van der Waals surface area contributed by atoms with Crippen LogP contribution in [0.4, 0.5) is 0 Å². The van der Waals surface area contributed by atoms with Gasteiger partial charge in [0.2, 0.25) is 0 Å². The molecule has 1 aliphatic carbocycles. The van der Waals surface area contributed by atoms with E-state index in [1.165, 1.54) is 25.0 Å². The van der Waals surface area contributed by atoms with Gasteiger partial charge in [-0.05, 0) is 31.2 Å². The summed E-state index contributed by atoms with van der Waals surface area (Å²) in [7, 11) is 0. The van der Waals surface area contributed by atoms with E-state index < -0.39 is 0 Å². The van der Waals surface area contributed by atoms with Crippen molar-refractivity contribution in [2.45, 2.75) is 23.6 Å². The molecule has 1 fully saturated rings. The Morgan fingerprint density at radius 2 is 2.46 bits per heavy atom. The summed E-state index contributed by atoms with van der Waals surface area (Å²) in [5.41, 5.74) is 7.90. The van der Waals surface area contributed by atoms with E-state index in [1.807, 2.05) is 11.8 Å². The van der Waals surface area contributed by atoms with Crippen molar-refractivity contribution in [2.75, 3.05) is 12.3 Å². The van der Waals surface area contributed by atoms with Gasteiger partial charge in [0.15, 0.2) is 4.34 Å². The van der Waals surface area contributed by atoms with E-state index in [2.05, 4.69) is 10.2 Å². The van der Waals surface area contributed by atoms with Crippen LogP contribution in [0.5, 0.6) is 0 Å². The minimum Gasteiger partial charge on any atom is -0.330 e. The Morgan fingerprint density at radius 1 is 1.62 bits per heavy atom. The third-order valence-electron chi connectivity index (χ3n) is 2.47. The molecule has 0 unspecified atom stereocenters. The van der Waals surface area contributed by atoms with Gasteiger partial charge in [-0.25, -0.2) is 0 Å². The lowest BCUT2D eigenvalue weighted by Gasteiger charge is -2.10. The summed E-state index contributed by atoms with van der Waals surface area (Å²) < 4.78 is 1.09. The SMILES string of the molecule is NCCC1(CSc2nncs2)CC1. The predicted octanol–water partition coefficient (Wildman–Crippen LogP) is 1.76. The van der Waals surface area contributed by atoms with E-state index in [9.17, 15) is 0 Å². The van der Waals surface area contributed by atoms with E-state index in [0.29, 0.717) is 5.41 Å². The van der Waals surface area contributed by atoms with Crippen LogP contribution in [0, 0.1) is 5.41 Å². The summed E-state index contributed by atoms with van der Waals surface area (Å²) in [4.78, 5) is 0. The molecule has 0 amide bonds. The van der Waals surface area contributed by atoms with E-state index >= 15 is 0 Å². The van der Waals surface area contributed by atoms with Gasteiger partial charge in [-0.2, -0.15) is 0 Å². The number of hydrogen-bond acceptors (Lipinski definition) is 5. The van der Waals surface area contributed by atoms with Gasteiger partial charge < -0.3 is 5.73 Å². The van der Waals surface area contributed by atoms with Gasteiger partial charge in [0.1, 0.15) is 5.51 Å². The lowest BCUT2D eigenvalue weighted by molar-refractivity contribution is 0.537. The molecular weight excluding hydrogens is 202 g/mol. The third-order valence-corrected chi connectivity index (χ3v) is 4.68. The van der Waals surface area contributed by atoms with Crippen LogP contribution >= 0.6 is 23.1 Å². The van der Waals surface area contributed by atoms with Crippen LogP contribution in [0.15, 0.2) is 9.85 Å². The van der Waals surface area contributed by atoms with Crippen LogP contribution < -0.4 is 5.73 Å². The fourth-order valence-corrected chi connectivity index (χ4v) is 3.21. The first-order valence-electron chi connectivity index (χ1n) is 4.44. The van der Waals surface area contributed by atoms with Crippen LogP contribution in [0.3, 0.4) is 0 Å². The summed E-state index contributed by atoms with van der Waals surface area (Å²) in [5.74, 6) is 1.17. The zero-order chi connectivity index (χ0) is 9.15. The smallest absolute Gasteiger partial charge is 0.174 e. The molecule has 0 atom stereocenters. The minimum atomic E-state index is 0.547. The van der Waals surface area contributed by atoms with E-state index in [4.69, 9.17) is 5.73 Å². The van der Waals surface area contributed by atoms with Crippen molar-refractivity contribution in [2.24, 2.45) is 11.1 Å². The number of nitrogens with two attached hydrogens (primary N) is 1. The molecule has 1 aliphatic rings. The Kier molecular flexibility index (Phi) is 2.86. The average molecular weight is 215 g/mol. The Hall–Kier alpha value is -0.130. The van der Waals surface area contributed by atoms with Crippen molar-refractivity contribution in [3.63, 3.8) is 0 Å². The van der Waals surface area contributed by atoms with Gasteiger partial charge in [0, 0.05) is 5.75 Å². The number of aromatic nitrogens is 2. The quantitative estimate of drug-likeness (QED) is 0.760. The van der Waals surface area contributed by atoms with Gasteiger partial charge in [0.25, 0.3) is 0 Å². The average Bonchev–Trinajstić information content (AvgIpc) is 2.71. The highest BCUT2D eigenvalue weighted by atomic mass is 32.2. The topological polar surface area (TPSA) is 51.8 Å². The molecule has 5 heteroatoms. The van der Waals surface area contributed by atoms with Crippen molar-refractivity contribution in [3.05, 3.63) is 5.51 Å². The molecule has 0 bridgehead atoms. The molecular formula is C8H13N3S2. The molecule has 1 saturated carbocycles. The standard InChI is InChI=1S/C8H13N3S2/c9-4-3-8(1-2-8)5-12-7-11-10-6-13-7/h6H,1-5,9H2. The minimum absolute atomic E-state index is 0.547. The Bertz CT molecular complexity index is 256. The summed E-state index contributed by atoms with van der Waals surface area (Å²) in [5, 5.41) is 7.82. The fourth-order valence-electron chi connectivity index (χ4n) is 1.39. The van der Waals surface area contributed by atoms with E-state index in [1.54, 1.807) is 16.8 Å². The molecule has 1 aromatic heterocycles. The number of nitrogens with zero attached hydrogens (tertiary/aromatic N) is 2. The highest BCUT2D eigenvalue weighted by molar-refractivity contribution is 8.01. The maximum absolute atomic E-state index is 5.57. The van der Waals surface area contributed by atoms with Gasteiger partial charge >= 0.3 is 0 Å². The van der Waals surface area contributed by atoms with Crippen LogP contribution in [0.25, 0.3) is 0 Å². The van der Waals surface area contributed by atoms with E-state index in [-0.39, 0.29) is 0 Å². The molecule has 2 N–H and O–H groups in total. The van der Waals surface area contributed by atoms with Crippen molar-refractivity contribution in [3.8, 4) is 0 Å². The maximum atomic E-state index is 5.57. The Balaban J connectivity index is 1.79. The van der Waals surface area contributed by atoms with Gasteiger partial charge in [-0.3, -0.25) is 0 Å². The largest absolute Gasteiger partial charge is 0.330 e. The highest BCUT2D eigenvalue weighted by Crippen LogP contribution is 2.51. The number of thioether (sulfide) groups is 1. The van der Waals surface area contributed by atoms with Crippen molar-refractivity contribution in [1.82, 2.24) is 10.2 Å². The normalized spacial score (nSPS) is 18.8. The molecule has 3 nitrogen and oxygen atoms in total. The second-order valence-electron chi connectivity index (χ2n) is 3.53. The Morgan fingerprint density at radius 3 is 3.00 bits per heavy atom. The lowest BCUT2D eigenvalue weighted by Crippen LogP contribution is -2.11. The summed E-state index contributed by atoms with van der Waals surface area (Å²) in [6.45, 7) is 0.816. The van der Waals surface area contributed by atoms with Gasteiger partial charge in [-0.1, -0.05) is 23.1 Å². The molecule has 72 valence electrons. The Labute approximate surface area is 86.1 Å². The van der Waals surface area contributed by atoms with Crippen LogP contribution in [0.1, 0.15) is 19.3 Å². The molecule has 1 heterocycles. The third kappa shape index (κ3) is 2.42. The molecule has 2 rings (SSSR count). The molecule has 1 aromatic rings. The molecule has 0 spiro atoms. The maximum Gasteiger partial charge on any atom is 0.174 e. The highest BCUT2D eigenvalue weighted by Gasteiger charge is 2.41. The van der Waals surface area contributed by atoms with Crippen molar-refractivity contribution >= 4 is 23.1 Å². The molecule has 0 saturated heterocycles. The molecule has 0 aromatic carbocycles. The van der Waals surface area contributed by atoms with Crippen LogP contribution in [-0.4, -0.2) is 22.5 Å². The van der Waals surface area contributed by atoms with Crippen LogP contribution in [0.2, 0.25) is 0 Å². The predicted molar refractivity (Wildman–Crippen MR) is 56.0 cm³/mol. The monoisotopic (exact) mass is 215 g/mol.